The van der Waals surface area contributed by atoms with E-state index in [1.54, 1.807) is 22.7 Å². The fraction of sp³-hybridized carbons (Fsp3) is 0.571. The van der Waals surface area contributed by atoms with E-state index in [-0.39, 0.29) is 0 Å². The molecule has 1 N–H and O–H groups in total. The molecule has 0 amide bonds. The van der Waals surface area contributed by atoms with Crippen molar-refractivity contribution in [2.75, 3.05) is 26.2 Å². The van der Waals surface area contributed by atoms with Crippen LogP contribution in [0, 0.1) is 0 Å². The maximum Gasteiger partial charge on any atom is 0.111 e. The zero-order valence-corrected chi connectivity index (χ0v) is 13.3. The minimum atomic E-state index is 0.480. The van der Waals surface area contributed by atoms with Crippen LogP contribution in [0.5, 0.6) is 0 Å². The van der Waals surface area contributed by atoms with Gasteiger partial charge in [-0.15, -0.1) is 22.7 Å². The number of aromatic nitrogens is 2. The second kappa shape index (κ2) is 6.76. The molecule has 0 aromatic carbocycles. The van der Waals surface area contributed by atoms with Crippen molar-refractivity contribution in [3.8, 4) is 10.6 Å². The molecular formula is C14H20N4S2. The van der Waals surface area contributed by atoms with Gasteiger partial charge in [-0.1, -0.05) is 13.3 Å². The Labute approximate surface area is 127 Å². The molecule has 0 spiro atoms. The van der Waals surface area contributed by atoms with E-state index in [4.69, 9.17) is 4.98 Å². The highest BCUT2D eigenvalue weighted by atomic mass is 32.1. The molecule has 1 unspecified atom stereocenters. The van der Waals surface area contributed by atoms with Crippen molar-refractivity contribution in [3.05, 3.63) is 22.1 Å². The van der Waals surface area contributed by atoms with Crippen molar-refractivity contribution in [2.45, 2.75) is 25.8 Å². The molecule has 1 saturated heterocycles. The van der Waals surface area contributed by atoms with Gasteiger partial charge in [-0.3, -0.25) is 9.88 Å². The highest BCUT2D eigenvalue weighted by Gasteiger charge is 2.24. The van der Waals surface area contributed by atoms with Crippen molar-refractivity contribution >= 4 is 22.7 Å². The summed E-state index contributed by atoms with van der Waals surface area (Å²) in [7, 11) is 0. The lowest BCUT2D eigenvalue weighted by atomic mass is 10.1. The average molecular weight is 308 g/mol. The topological polar surface area (TPSA) is 41.1 Å². The molecule has 2 aromatic rings. The smallest absolute Gasteiger partial charge is 0.111 e. The van der Waals surface area contributed by atoms with Gasteiger partial charge in [-0.2, -0.15) is 0 Å². The van der Waals surface area contributed by atoms with Gasteiger partial charge in [0.2, 0.25) is 0 Å². The van der Waals surface area contributed by atoms with E-state index in [9.17, 15) is 0 Å². The van der Waals surface area contributed by atoms with Gasteiger partial charge in [0.15, 0.2) is 0 Å². The lowest BCUT2D eigenvalue weighted by molar-refractivity contribution is 0.164. The fourth-order valence-electron chi connectivity index (χ4n) is 2.63. The Bertz CT molecular complexity index is 517. The molecule has 1 aliphatic heterocycles. The normalized spacial score (nSPS) is 18.2. The van der Waals surface area contributed by atoms with Gasteiger partial charge >= 0.3 is 0 Å². The third-order valence-corrected chi connectivity index (χ3v) is 5.39. The molecule has 108 valence electrons. The van der Waals surface area contributed by atoms with Crippen molar-refractivity contribution in [3.63, 3.8) is 0 Å². The number of rotatable bonds is 5. The van der Waals surface area contributed by atoms with Gasteiger partial charge in [0.05, 0.1) is 22.1 Å². The summed E-state index contributed by atoms with van der Waals surface area (Å²) < 4.78 is 0. The Morgan fingerprint density at radius 3 is 2.90 bits per heavy atom. The number of piperazine rings is 1. The number of thiazole rings is 2. The van der Waals surface area contributed by atoms with Crippen LogP contribution < -0.4 is 5.32 Å². The largest absolute Gasteiger partial charge is 0.314 e. The monoisotopic (exact) mass is 308 g/mol. The molecule has 0 radical (unpaired) electrons. The molecule has 0 aliphatic carbocycles. The Kier molecular flexibility index (Phi) is 4.77. The van der Waals surface area contributed by atoms with E-state index < -0.39 is 0 Å². The fourth-order valence-corrected chi connectivity index (χ4v) is 4.27. The zero-order chi connectivity index (χ0) is 13.8. The standard InChI is InChI=1S/C14H20N4S2/c1-2-3-12(18-6-4-15-5-7-18)14-17-11(9-19-14)13-8-16-10-20-13/h8-10,12,15H,2-7H2,1H3. The summed E-state index contributed by atoms with van der Waals surface area (Å²) in [6.45, 7) is 6.69. The van der Waals surface area contributed by atoms with E-state index >= 15 is 0 Å². The van der Waals surface area contributed by atoms with Crippen molar-refractivity contribution < 1.29 is 0 Å². The maximum absolute atomic E-state index is 4.87. The van der Waals surface area contributed by atoms with E-state index in [0.29, 0.717) is 6.04 Å². The Morgan fingerprint density at radius 2 is 2.20 bits per heavy atom. The SMILES string of the molecule is CCCC(c1nc(-c2cncs2)cs1)N1CCNCC1. The Balaban J connectivity index is 1.80. The first-order chi connectivity index (χ1) is 9.88. The lowest BCUT2D eigenvalue weighted by Crippen LogP contribution is -2.45. The van der Waals surface area contributed by atoms with Gasteiger partial charge in [0.1, 0.15) is 5.01 Å². The van der Waals surface area contributed by atoms with Crippen LogP contribution >= 0.6 is 22.7 Å². The highest BCUT2D eigenvalue weighted by Crippen LogP contribution is 2.32. The van der Waals surface area contributed by atoms with Crippen LogP contribution in [0.4, 0.5) is 0 Å². The van der Waals surface area contributed by atoms with Crippen LogP contribution in [0.25, 0.3) is 10.6 Å². The maximum atomic E-state index is 4.87. The highest BCUT2D eigenvalue weighted by molar-refractivity contribution is 7.14. The van der Waals surface area contributed by atoms with Crippen LogP contribution in [0.1, 0.15) is 30.8 Å². The predicted molar refractivity (Wildman–Crippen MR) is 85.3 cm³/mol. The summed E-state index contributed by atoms with van der Waals surface area (Å²) >= 11 is 3.45. The van der Waals surface area contributed by atoms with Gasteiger partial charge in [0, 0.05) is 37.8 Å². The second-order valence-electron chi connectivity index (χ2n) is 5.03. The quantitative estimate of drug-likeness (QED) is 0.922. The van der Waals surface area contributed by atoms with Crippen molar-refractivity contribution in [2.24, 2.45) is 0 Å². The zero-order valence-electron chi connectivity index (χ0n) is 11.7. The minimum Gasteiger partial charge on any atom is -0.314 e. The number of nitrogens with one attached hydrogen (secondary N) is 1. The summed E-state index contributed by atoms with van der Waals surface area (Å²) in [6, 6.07) is 0.480. The van der Waals surface area contributed by atoms with Crippen LogP contribution in [0.2, 0.25) is 0 Å². The van der Waals surface area contributed by atoms with E-state index in [1.807, 2.05) is 11.7 Å². The molecule has 4 nitrogen and oxygen atoms in total. The summed E-state index contributed by atoms with van der Waals surface area (Å²) in [4.78, 5) is 12.8. The van der Waals surface area contributed by atoms with E-state index in [0.717, 1.165) is 31.9 Å². The first-order valence-electron chi connectivity index (χ1n) is 7.17. The van der Waals surface area contributed by atoms with E-state index in [1.165, 1.54) is 22.7 Å². The lowest BCUT2D eigenvalue weighted by Gasteiger charge is -2.33. The Hall–Kier alpha value is -0.820. The van der Waals surface area contributed by atoms with Crippen molar-refractivity contribution in [1.82, 2.24) is 20.2 Å². The molecule has 1 fully saturated rings. The van der Waals surface area contributed by atoms with Crippen molar-refractivity contribution in [1.29, 1.82) is 0 Å². The van der Waals surface area contributed by atoms with Crippen LogP contribution in [0.3, 0.4) is 0 Å². The van der Waals surface area contributed by atoms with Crippen LogP contribution in [-0.4, -0.2) is 41.0 Å². The second-order valence-corrected chi connectivity index (χ2v) is 6.80. The molecule has 2 aromatic heterocycles. The van der Waals surface area contributed by atoms with Crippen LogP contribution in [0.15, 0.2) is 17.1 Å². The van der Waals surface area contributed by atoms with Gasteiger partial charge in [-0.25, -0.2) is 4.98 Å². The first-order valence-corrected chi connectivity index (χ1v) is 8.93. The molecule has 3 heterocycles. The summed E-state index contributed by atoms with van der Waals surface area (Å²) in [5.74, 6) is 0. The minimum absolute atomic E-state index is 0.480. The summed E-state index contributed by atoms with van der Waals surface area (Å²) in [5.41, 5.74) is 2.96. The van der Waals surface area contributed by atoms with E-state index in [2.05, 4.69) is 27.5 Å². The average Bonchev–Trinajstić information content (AvgIpc) is 3.16. The first kappa shape index (κ1) is 14.1. The number of hydrogen-bond acceptors (Lipinski definition) is 6. The third-order valence-electron chi connectivity index (χ3n) is 3.65. The molecular weight excluding hydrogens is 288 g/mol. The number of hydrogen-bond donors (Lipinski definition) is 1. The number of nitrogens with zero attached hydrogens (tertiary/aromatic N) is 3. The molecule has 0 saturated carbocycles. The van der Waals surface area contributed by atoms with Crippen LogP contribution in [-0.2, 0) is 0 Å². The molecule has 0 bridgehead atoms. The van der Waals surface area contributed by atoms with Gasteiger partial charge in [-0.05, 0) is 6.42 Å². The summed E-state index contributed by atoms with van der Waals surface area (Å²) in [5, 5.41) is 6.86. The van der Waals surface area contributed by atoms with Gasteiger partial charge in [0.25, 0.3) is 0 Å². The molecule has 6 heteroatoms. The molecule has 20 heavy (non-hydrogen) atoms. The molecule has 3 rings (SSSR count). The third kappa shape index (κ3) is 3.09. The predicted octanol–water partition coefficient (Wildman–Crippen LogP) is 3.01. The van der Waals surface area contributed by atoms with Gasteiger partial charge < -0.3 is 5.32 Å². The Morgan fingerprint density at radius 1 is 1.35 bits per heavy atom. The molecule has 1 aliphatic rings. The summed E-state index contributed by atoms with van der Waals surface area (Å²) in [6.07, 6.45) is 4.29. The molecule has 1 atom stereocenters.